The maximum atomic E-state index is 12.1. The number of carbonyl (C=O) groups is 2. The fourth-order valence-electron chi connectivity index (χ4n) is 2.31. The molecule has 3 amide bonds. The summed E-state index contributed by atoms with van der Waals surface area (Å²) in [5.41, 5.74) is 0.846. The molecule has 1 heterocycles. The predicted molar refractivity (Wildman–Crippen MR) is 92.3 cm³/mol. The molecule has 130 valence electrons. The molecular formula is C17H21ClN2O4. The monoisotopic (exact) mass is 352 g/mol. The molecule has 1 aliphatic rings. The Morgan fingerprint density at radius 1 is 1.29 bits per heavy atom. The first-order valence-electron chi connectivity index (χ1n) is 7.84. The highest BCUT2D eigenvalue weighted by Gasteiger charge is 2.32. The minimum atomic E-state index is -0.426. The molecule has 0 bridgehead atoms. The highest BCUT2D eigenvalue weighted by molar-refractivity contribution is 6.32. The average molecular weight is 353 g/mol. The number of hydrogen-bond donors (Lipinski definition) is 1. The first-order chi connectivity index (χ1) is 11.4. The van der Waals surface area contributed by atoms with Crippen LogP contribution < -0.4 is 14.8 Å². The number of hydrogen-bond acceptors (Lipinski definition) is 4. The van der Waals surface area contributed by atoms with Gasteiger partial charge in [-0.15, -0.1) is 0 Å². The zero-order valence-corrected chi connectivity index (χ0v) is 14.9. The summed E-state index contributed by atoms with van der Waals surface area (Å²) < 4.78 is 11.3. The first kappa shape index (κ1) is 18.1. The summed E-state index contributed by atoms with van der Waals surface area (Å²) in [4.78, 5) is 25.0. The van der Waals surface area contributed by atoms with Crippen molar-refractivity contribution in [3.8, 4) is 11.5 Å². The summed E-state index contributed by atoms with van der Waals surface area (Å²) in [5, 5.41) is 2.93. The minimum absolute atomic E-state index is 0.0558. The number of urea groups is 1. The lowest BCUT2D eigenvalue weighted by molar-refractivity contribution is -0.122. The molecular weight excluding hydrogens is 332 g/mol. The van der Waals surface area contributed by atoms with E-state index in [0.717, 1.165) is 4.90 Å². The van der Waals surface area contributed by atoms with Crippen LogP contribution in [0, 0.1) is 0 Å². The number of amides is 3. The van der Waals surface area contributed by atoms with Gasteiger partial charge in [-0.3, -0.25) is 9.69 Å². The Morgan fingerprint density at radius 3 is 2.54 bits per heavy atom. The number of nitrogens with one attached hydrogen (secondary N) is 1. The normalized spacial score (nSPS) is 16.1. The number of ether oxygens (including phenoxy) is 2. The van der Waals surface area contributed by atoms with E-state index in [0.29, 0.717) is 35.2 Å². The summed E-state index contributed by atoms with van der Waals surface area (Å²) in [6.07, 6.45) is 1.52. The van der Waals surface area contributed by atoms with Crippen molar-refractivity contribution >= 4 is 29.6 Å². The van der Waals surface area contributed by atoms with E-state index in [2.05, 4.69) is 5.32 Å². The molecule has 1 saturated heterocycles. The van der Waals surface area contributed by atoms with Gasteiger partial charge >= 0.3 is 6.03 Å². The molecule has 7 heteroatoms. The highest BCUT2D eigenvalue weighted by Crippen LogP contribution is 2.38. The van der Waals surface area contributed by atoms with E-state index in [4.69, 9.17) is 21.1 Å². The third kappa shape index (κ3) is 3.82. The number of benzene rings is 1. The molecule has 0 radical (unpaired) electrons. The van der Waals surface area contributed by atoms with Gasteiger partial charge in [-0.2, -0.15) is 0 Å². The number of carbonyl (C=O) groups excluding carboxylic acids is 2. The van der Waals surface area contributed by atoms with Gasteiger partial charge < -0.3 is 14.8 Å². The molecule has 1 N–H and O–H groups in total. The van der Waals surface area contributed by atoms with Crippen LogP contribution in [0.25, 0.3) is 6.08 Å². The van der Waals surface area contributed by atoms with Crippen LogP contribution in [-0.2, 0) is 4.79 Å². The zero-order valence-electron chi connectivity index (χ0n) is 14.2. The van der Waals surface area contributed by atoms with Gasteiger partial charge in [0.15, 0.2) is 11.5 Å². The van der Waals surface area contributed by atoms with Gasteiger partial charge in [-0.05, 0) is 51.5 Å². The summed E-state index contributed by atoms with van der Waals surface area (Å²) >= 11 is 6.30. The lowest BCUT2D eigenvalue weighted by atomic mass is 10.1. The molecule has 0 spiro atoms. The third-order valence-corrected chi connectivity index (χ3v) is 3.56. The second-order valence-electron chi connectivity index (χ2n) is 5.47. The minimum Gasteiger partial charge on any atom is -0.490 e. The van der Waals surface area contributed by atoms with E-state index in [9.17, 15) is 9.59 Å². The fraction of sp³-hybridized carbons (Fsp3) is 0.412. The molecule has 0 saturated carbocycles. The largest absolute Gasteiger partial charge is 0.490 e. The fourth-order valence-corrected chi connectivity index (χ4v) is 2.57. The van der Waals surface area contributed by atoms with Gasteiger partial charge in [0, 0.05) is 6.54 Å². The molecule has 0 aromatic heterocycles. The lowest BCUT2D eigenvalue weighted by Crippen LogP contribution is -2.30. The Bertz CT molecular complexity index is 685. The third-order valence-electron chi connectivity index (χ3n) is 3.27. The zero-order chi connectivity index (χ0) is 17.9. The average Bonchev–Trinajstić information content (AvgIpc) is 2.76. The first-order valence-corrected chi connectivity index (χ1v) is 8.22. The Balaban J connectivity index is 2.40. The lowest BCUT2D eigenvalue weighted by Gasteiger charge is -2.16. The highest BCUT2D eigenvalue weighted by atomic mass is 35.5. The quantitative estimate of drug-likeness (QED) is 0.629. The van der Waals surface area contributed by atoms with Crippen molar-refractivity contribution in [2.24, 2.45) is 0 Å². The van der Waals surface area contributed by atoms with Crippen LogP contribution in [0.4, 0.5) is 4.79 Å². The smallest absolute Gasteiger partial charge is 0.328 e. The number of imide groups is 1. The number of likely N-dealkylation sites (N-methyl/N-ethyl adjacent to an activating group) is 1. The van der Waals surface area contributed by atoms with Crippen molar-refractivity contribution in [2.75, 3.05) is 13.2 Å². The summed E-state index contributed by atoms with van der Waals surface area (Å²) in [6.45, 7) is 8.15. The van der Waals surface area contributed by atoms with Crippen molar-refractivity contribution in [1.29, 1.82) is 0 Å². The maximum Gasteiger partial charge on any atom is 0.328 e. The predicted octanol–water partition coefficient (Wildman–Crippen LogP) is 3.44. The van der Waals surface area contributed by atoms with Crippen molar-refractivity contribution in [2.45, 2.75) is 33.8 Å². The molecule has 0 unspecified atom stereocenters. The topological polar surface area (TPSA) is 67.9 Å². The molecule has 24 heavy (non-hydrogen) atoms. The van der Waals surface area contributed by atoms with Crippen LogP contribution >= 0.6 is 11.6 Å². The van der Waals surface area contributed by atoms with Crippen LogP contribution in [-0.4, -0.2) is 36.1 Å². The van der Waals surface area contributed by atoms with E-state index in [1.54, 1.807) is 25.1 Å². The van der Waals surface area contributed by atoms with Crippen molar-refractivity contribution in [3.05, 3.63) is 28.4 Å². The number of rotatable bonds is 6. The van der Waals surface area contributed by atoms with Crippen molar-refractivity contribution < 1.29 is 19.1 Å². The number of halogens is 1. The van der Waals surface area contributed by atoms with Gasteiger partial charge in [0.2, 0.25) is 0 Å². The van der Waals surface area contributed by atoms with Gasteiger partial charge in [0.1, 0.15) is 5.70 Å². The summed E-state index contributed by atoms with van der Waals surface area (Å²) in [7, 11) is 0. The van der Waals surface area contributed by atoms with Crippen molar-refractivity contribution in [3.63, 3.8) is 0 Å². The maximum absolute atomic E-state index is 12.1. The molecule has 0 atom stereocenters. The summed E-state index contributed by atoms with van der Waals surface area (Å²) in [5.74, 6) is 0.599. The van der Waals surface area contributed by atoms with Crippen molar-refractivity contribution in [1.82, 2.24) is 10.2 Å². The van der Waals surface area contributed by atoms with E-state index in [1.165, 1.54) is 0 Å². The Labute approximate surface area is 146 Å². The van der Waals surface area contributed by atoms with Crippen LogP contribution in [0.5, 0.6) is 11.5 Å². The molecule has 2 rings (SSSR count). The van der Waals surface area contributed by atoms with Crippen LogP contribution in [0.2, 0.25) is 5.02 Å². The van der Waals surface area contributed by atoms with E-state index >= 15 is 0 Å². The second-order valence-corrected chi connectivity index (χ2v) is 5.87. The van der Waals surface area contributed by atoms with Gasteiger partial charge in [0.25, 0.3) is 5.91 Å². The molecule has 1 fully saturated rings. The molecule has 0 aliphatic carbocycles. The molecule has 1 aromatic carbocycles. The SMILES string of the molecule is CCOc1cc(/C=C2/NC(=O)N(CC)C2=O)cc(Cl)c1OC(C)C. The van der Waals surface area contributed by atoms with E-state index in [-0.39, 0.29) is 17.7 Å². The standard InChI is InChI=1S/C17H21ClN2O4/c1-5-20-16(21)13(19-17(20)22)8-11-7-12(18)15(24-10(3)4)14(9-11)23-6-2/h7-10H,5-6H2,1-4H3,(H,19,22)/b13-8+. The van der Waals surface area contributed by atoms with Gasteiger partial charge in [-0.1, -0.05) is 11.6 Å². The van der Waals surface area contributed by atoms with Crippen LogP contribution in [0.15, 0.2) is 17.8 Å². The second kappa shape index (κ2) is 7.57. The summed E-state index contributed by atoms with van der Waals surface area (Å²) in [6, 6.07) is 2.97. The van der Waals surface area contributed by atoms with Crippen LogP contribution in [0.1, 0.15) is 33.3 Å². The van der Waals surface area contributed by atoms with E-state index < -0.39 is 6.03 Å². The number of nitrogens with zero attached hydrogens (tertiary/aromatic N) is 1. The molecule has 6 nitrogen and oxygen atoms in total. The Morgan fingerprint density at radius 2 is 2.00 bits per heavy atom. The van der Waals surface area contributed by atoms with Crippen LogP contribution in [0.3, 0.4) is 0 Å². The van der Waals surface area contributed by atoms with Gasteiger partial charge in [0.05, 0.1) is 17.7 Å². The molecule has 1 aromatic rings. The molecule has 1 aliphatic heterocycles. The Hall–Kier alpha value is -2.21. The van der Waals surface area contributed by atoms with E-state index in [1.807, 2.05) is 20.8 Å². The Kier molecular flexibility index (Phi) is 5.72. The van der Waals surface area contributed by atoms with Gasteiger partial charge in [-0.25, -0.2) is 4.79 Å².